The smallest absolute Gasteiger partial charge is 0.131 e. The third-order valence-electron chi connectivity index (χ3n) is 3.00. The average molecular weight is 316 g/mol. The number of hydrogen-bond acceptors (Lipinski definition) is 2. The van der Waals surface area contributed by atoms with Gasteiger partial charge in [-0.3, -0.25) is 0 Å². The van der Waals surface area contributed by atoms with Crippen LogP contribution in [0.15, 0.2) is 23.6 Å². The van der Waals surface area contributed by atoms with Gasteiger partial charge in [0.05, 0.1) is 11.1 Å². The molecule has 0 aliphatic rings. The molecule has 108 valence electrons. The van der Waals surface area contributed by atoms with Crippen LogP contribution in [-0.2, 0) is 0 Å². The topological polar surface area (TPSA) is 12.0 Å². The molecule has 1 unspecified atom stereocenters. The zero-order valence-electron chi connectivity index (χ0n) is 11.5. The predicted octanol–water partition coefficient (Wildman–Crippen LogP) is 5.08. The highest BCUT2D eigenvalue weighted by molar-refractivity contribution is 7.10. The predicted molar refractivity (Wildman–Crippen MR) is 80.5 cm³/mol. The largest absolute Gasteiger partial charge is 0.303 e. The summed E-state index contributed by atoms with van der Waals surface area (Å²) in [5.74, 6) is -1.09. The van der Waals surface area contributed by atoms with Gasteiger partial charge in [0, 0.05) is 22.5 Å². The fourth-order valence-electron chi connectivity index (χ4n) is 2.05. The van der Waals surface area contributed by atoms with E-state index in [1.807, 2.05) is 19.2 Å². The number of aryl methyl sites for hydroxylation is 1. The summed E-state index contributed by atoms with van der Waals surface area (Å²) in [6.45, 7) is 5.58. The Morgan fingerprint density at radius 3 is 2.45 bits per heavy atom. The Kier molecular flexibility index (Phi) is 4.78. The summed E-state index contributed by atoms with van der Waals surface area (Å²) in [4.78, 5) is 0.838. The zero-order chi connectivity index (χ0) is 14.9. The normalized spacial score (nSPS) is 12.9. The Labute approximate surface area is 126 Å². The summed E-state index contributed by atoms with van der Waals surface area (Å²) in [5.41, 5.74) is 0.839. The second kappa shape index (κ2) is 6.20. The minimum Gasteiger partial charge on any atom is -0.303 e. The van der Waals surface area contributed by atoms with Crippen LogP contribution < -0.4 is 5.32 Å². The molecule has 0 amide bonds. The number of rotatable bonds is 4. The standard InChI is InChI=1S/C15H16ClF2NS/c1-8(2)19-14(15-11(16)4-5-20-15)10-6-9(3)12(17)7-13(10)18/h4-8,14,19H,1-3H3. The maximum atomic E-state index is 14.1. The third kappa shape index (κ3) is 3.19. The molecule has 1 atom stereocenters. The Morgan fingerprint density at radius 2 is 1.90 bits per heavy atom. The van der Waals surface area contributed by atoms with E-state index in [0.29, 0.717) is 16.1 Å². The minimum absolute atomic E-state index is 0.142. The highest BCUT2D eigenvalue weighted by Crippen LogP contribution is 2.35. The van der Waals surface area contributed by atoms with Gasteiger partial charge in [0.1, 0.15) is 11.6 Å². The molecule has 2 aromatic rings. The summed E-state index contributed by atoms with van der Waals surface area (Å²) in [6.07, 6.45) is 0. The molecule has 0 saturated carbocycles. The Bertz CT molecular complexity index is 610. The molecule has 1 aromatic heterocycles. The summed E-state index contributed by atoms with van der Waals surface area (Å²) in [7, 11) is 0. The van der Waals surface area contributed by atoms with E-state index in [4.69, 9.17) is 11.6 Å². The van der Waals surface area contributed by atoms with Crippen LogP contribution in [0, 0.1) is 18.6 Å². The van der Waals surface area contributed by atoms with Crippen molar-refractivity contribution in [2.75, 3.05) is 0 Å². The highest BCUT2D eigenvalue weighted by Gasteiger charge is 2.23. The third-order valence-corrected chi connectivity index (χ3v) is 4.42. The Hall–Kier alpha value is -0.970. The van der Waals surface area contributed by atoms with Crippen molar-refractivity contribution < 1.29 is 8.78 Å². The van der Waals surface area contributed by atoms with Gasteiger partial charge in [0.2, 0.25) is 0 Å². The van der Waals surface area contributed by atoms with Crippen LogP contribution in [0.3, 0.4) is 0 Å². The van der Waals surface area contributed by atoms with Crippen molar-refractivity contribution in [2.45, 2.75) is 32.9 Å². The van der Waals surface area contributed by atoms with Crippen molar-refractivity contribution >= 4 is 22.9 Å². The maximum absolute atomic E-state index is 14.1. The number of benzene rings is 1. The molecule has 0 saturated heterocycles. The van der Waals surface area contributed by atoms with Gasteiger partial charge >= 0.3 is 0 Å². The van der Waals surface area contributed by atoms with E-state index in [9.17, 15) is 8.78 Å². The lowest BCUT2D eigenvalue weighted by Crippen LogP contribution is -2.29. The van der Waals surface area contributed by atoms with Crippen LogP contribution in [0.5, 0.6) is 0 Å². The molecule has 2 rings (SSSR count). The van der Waals surface area contributed by atoms with E-state index < -0.39 is 11.6 Å². The monoisotopic (exact) mass is 315 g/mol. The van der Waals surface area contributed by atoms with E-state index in [-0.39, 0.29) is 12.1 Å². The van der Waals surface area contributed by atoms with Gasteiger partial charge in [0.15, 0.2) is 0 Å². The summed E-state index contributed by atoms with van der Waals surface area (Å²) in [5, 5.41) is 5.74. The molecule has 20 heavy (non-hydrogen) atoms. The molecule has 5 heteroatoms. The van der Waals surface area contributed by atoms with Gasteiger partial charge in [-0.15, -0.1) is 11.3 Å². The molecule has 0 bridgehead atoms. The van der Waals surface area contributed by atoms with Gasteiger partial charge < -0.3 is 5.32 Å². The lowest BCUT2D eigenvalue weighted by atomic mass is 10.0. The molecule has 1 heterocycles. The molecule has 0 fully saturated rings. The summed E-state index contributed by atoms with van der Waals surface area (Å²) >= 11 is 7.62. The molecule has 1 aromatic carbocycles. The van der Waals surface area contributed by atoms with Gasteiger partial charge in [-0.2, -0.15) is 0 Å². The zero-order valence-corrected chi connectivity index (χ0v) is 13.1. The second-order valence-electron chi connectivity index (χ2n) is 5.01. The van der Waals surface area contributed by atoms with E-state index in [1.54, 1.807) is 19.1 Å². The van der Waals surface area contributed by atoms with E-state index in [1.165, 1.54) is 11.3 Å². The van der Waals surface area contributed by atoms with Crippen LogP contribution in [0.25, 0.3) is 0 Å². The first-order chi connectivity index (χ1) is 9.40. The molecule has 0 spiro atoms. The molecular weight excluding hydrogens is 300 g/mol. The first-order valence-electron chi connectivity index (χ1n) is 6.34. The van der Waals surface area contributed by atoms with Crippen LogP contribution >= 0.6 is 22.9 Å². The summed E-state index contributed by atoms with van der Waals surface area (Å²) in [6, 6.07) is 4.03. The van der Waals surface area contributed by atoms with E-state index in [0.717, 1.165) is 10.9 Å². The number of hydrogen-bond donors (Lipinski definition) is 1. The van der Waals surface area contributed by atoms with Crippen molar-refractivity contribution in [1.29, 1.82) is 0 Å². The van der Waals surface area contributed by atoms with Crippen molar-refractivity contribution in [3.05, 3.63) is 56.2 Å². The molecular formula is C15H16ClF2NS. The average Bonchev–Trinajstić information content (AvgIpc) is 2.77. The SMILES string of the molecule is Cc1cc(C(NC(C)C)c2sccc2Cl)c(F)cc1F. The van der Waals surface area contributed by atoms with Crippen molar-refractivity contribution in [3.63, 3.8) is 0 Å². The van der Waals surface area contributed by atoms with Crippen molar-refractivity contribution in [1.82, 2.24) is 5.32 Å². The quantitative estimate of drug-likeness (QED) is 0.830. The lowest BCUT2D eigenvalue weighted by molar-refractivity contribution is 0.500. The molecule has 1 N–H and O–H groups in total. The van der Waals surface area contributed by atoms with Crippen LogP contribution in [-0.4, -0.2) is 6.04 Å². The number of halogens is 3. The van der Waals surface area contributed by atoms with Crippen molar-refractivity contribution in [2.24, 2.45) is 0 Å². The minimum atomic E-state index is -0.560. The van der Waals surface area contributed by atoms with Gasteiger partial charge in [-0.05, 0) is 43.8 Å². The molecule has 1 nitrogen and oxygen atoms in total. The van der Waals surface area contributed by atoms with Crippen LogP contribution in [0.4, 0.5) is 8.78 Å². The maximum Gasteiger partial charge on any atom is 0.131 e. The van der Waals surface area contributed by atoms with Gasteiger partial charge in [-0.25, -0.2) is 8.78 Å². The second-order valence-corrected chi connectivity index (χ2v) is 6.36. The molecule has 0 radical (unpaired) electrons. The molecule has 0 aliphatic carbocycles. The fourth-order valence-corrected chi connectivity index (χ4v) is 3.30. The van der Waals surface area contributed by atoms with E-state index >= 15 is 0 Å². The number of thiophene rings is 1. The number of nitrogens with one attached hydrogen (secondary N) is 1. The Balaban J connectivity index is 2.52. The summed E-state index contributed by atoms with van der Waals surface area (Å²) < 4.78 is 27.6. The van der Waals surface area contributed by atoms with Crippen LogP contribution in [0.2, 0.25) is 5.02 Å². The van der Waals surface area contributed by atoms with Crippen molar-refractivity contribution in [3.8, 4) is 0 Å². The highest BCUT2D eigenvalue weighted by atomic mass is 35.5. The first kappa shape index (κ1) is 15.4. The van der Waals surface area contributed by atoms with Gasteiger partial charge in [-0.1, -0.05) is 11.6 Å². The first-order valence-corrected chi connectivity index (χ1v) is 7.60. The fraction of sp³-hybridized carbons (Fsp3) is 0.333. The Morgan fingerprint density at radius 1 is 1.20 bits per heavy atom. The van der Waals surface area contributed by atoms with E-state index in [2.05, 4.69) is 5.32 Å². The van der Waals surface area contributed by atoms with Gasteiger partial charge in [0.25, 0.3) is 0 Å². The lowest BCUT2D eigenvalue weighted by Gasteiger charge is -2.22. The molecule has 0 aliphatic heterocycles. The van der Waals surface area contributed by atoms with Crippen LogP contribution in [0.1, 0.15) is 35.9 Å².